The van der Waals surface area contributed by atoms with E-state index < -0.39 is 5.25 Å². The molecule has 0 aliphatic heterocycles. The Kier molecular flexibility index (Phi) is 6.50. The van der Waals surface area contributed by atoms with Gasteiger partial charge in [0.25, 0.3) is 0 Å². The van der Waals surface area contributed by atoms with E-state index in [-0.39, 0.29) is 17.1 Å². The number of fused-ring (bicyclic) bond motifs is 1. The molecular weight excluding hydrogens is 438 g/mol. The van der Waals surface area contributed by atoms with Gasteiger partial charge < -0.3 is 10.1 Å². The van der Waals surface area contributed by atoms with Gasteiger partial charge in [-0.25, -0.2) is 0 Å². The first-order chi connectivity index (χ1) is 15.9. The van der Waals surface area contributed by atoms with E-state index in [9.17, 15) is 9.59 Å². The largest absolute Gasteiger partial charge is 0.495 e. The number of nitrogens with zero attached hydrogens (tertiary/aromatic N) is 4. The Morgan fingerprint density at radius 3 is 2.70 bits per heavy atom. The van der Waals surface area contributed by atoms with E-state index in [1.807, 2.05) is 51.1 Å². The van der Waals surface area contributed by atoms with Crippen molar-refractivity contribution in [3.05, 3.63) is 76.3 Å². The van der Waals surface area contributed by atoms with Crippen LogP contribution < -0.4 is 15.6 Å². The van der Waals surface area contributed by atoms with Crippen LogP contribution in [-0.2, 0) is 4.79 Å². The van der Waals surface area contributed by atoms with Crippen LogP contribution in [0.25, 0.3) is 11.3 Å². The zero-order valence-corrected chi connectivity index (χ0v) is 19.7. The summed E-state index contributed by atoms with van der Waals surface area (Å²) in [6, 6.07) is 13.2. The van der Waals surface area contributed by atoms with Crippen LogP contribution in [-0.4, -0.2) is 37.4 Å². The molecule has 0 aliphatic rings. The number of aromatic nitrogens is 4. The van der Waals surface area contributed by atoms with Gasteiger partial charge in [0.15, 0.2) is 5.16 Å². The molecule has 0 radical (unpaired) electrons. The number of carbonyl (C=O) groups excluding carboxylic acids is 1. The highest BCUT2D eigenvalue weighted by atomic mass is 32.2. The van der Waals surface area contributed by atoms with Crippen LogP contribution in [0.4, 0.5) is 5.69 Å². The Balaban J connectivity index is 1.62. The molecule has 8 nitrogen and oxygen atoms in total. The molecule has 4 rings (SSSR count). The average molecular weight is 464 g/mol. The van der Waals surface area contributed by atoms with Crippen molar-refractivity contribution >= 4 is 29.0 Å². The van der Waals surface area contributed by atoms with Crippen molar-refractivity contribution in [1.82, 2.24) is 19.2 Å². The molecule has 2 heterocycles. The van der Waals surface area contributed by atoms with E-state index >= 15 is 0 Å². The monoisotopic (exact) mass is 463 g/mol. The molecule has 1 amide bonds. The molecule has 170 valence electrons. The van der Waals surface area contributed by atoms with Crippen molar-refractivity contribution in [2.24, 2.45) is 0 Å². The third kappa shape index (κ3) is 4.49. The van der Waals surface area contributed by atoms with Gasteiger partial charge in [0.1, 0.15) is 5.75 Å². The summed E-state index contributed by atoms with van der Waals surface area (Å²) in [7, 11) is 1.56. The first-order valence-corrected chi connectivity index (χ1v) is 11.5. The standard InChI is InChI=1S/C24H25N5O3S/c1-5-20(22(30)25-17-14-15(2)10-11-16(17)3)33-24-27-26-21-23(31)28(12-13-29(21)24)18-8-6-7-9-19(18)32-4/h6-14,20H,5H2,1-4H3,(H,25,30)/t20-/m0/s1. The van der Waals surface area contributed by atoms with Gasteiger partial charge in [-0.15, -0.1) is 10.2 Å². The fourth-order valence-corrected chi connectivity index (χ4v) is 4.43. The molecule has 0 unspecified atom stereocenters. The van der Waals surface area contributed by atoms with Crippen LogP contribution >= 0.6 is 11.8 Å². The molecule has 9 heteroatoms. The number of amides is 1. The van der Waals surface area contributed by atoms with E-state index in [1.165, 1.54) is 16.3 Å². The molecule has 2 aromatic heterocycles. The molecule has 1 N–H and O–H groups in total. The molecule has 0 spiro atoms. The van der Waals surface area contributed by atoms with Crippen molar-refractivity contribution in [2.45, 2.75) is 37.6 Å². The maximum atomic E-state index is 13.1. The fourth-order valence-electron chi connectivity index (χ4n) is 3.50. The van der Waals surface area contributed by atoms with Gasteiger partial charge in [0.2, 0.25) is 11.6 Å². The number of carbonyl (C=O) groups is 1. The molecule has 0 saturated heterocycles. The lowest BCUT2D eigenvalue weighted by Crippen LogP contribution is -2.25. The zero-order chi connectivity index (χ0) is 23.5. The molecule has 0 saturated carbocycles. The second-order valence-electron chi connectivity index (χ2n) is 7.64. The maximum Gasteiger partial charge on any atom is 0.300 e. The zero-order valence-electron chi connectivity index (χ0n) is 18.9. The molecule has 0 bridgehead atoms. The van der Waals surface area contributed by atoms with Gasteiger partial charge in [-0.1, -0.05) is 43.0 Å². The van der Waals surface area contributed by atoms with Crippen molar-refractivity contribution in [3.8, 4) is 11.4 Å². The van der Waals surface area contributed by atoms with Crippen molar-refractivity contribution in [2.75, 3.05) is 12.4 Å². The van der Waals surface area contributed by atoms with E-state index in [1.54, 1.807) is 36.0 Å². The van der Waals surface area contributed by atoms with Crippen molar-refractivity contribution in [1.29, 1.82) is 0 Å². The van der Waals surface area contributed by atoms with E-state index in [0.717, 1.165) is 16.8 Å². The number of hydrogen-bond donors (Lipinski definition) is 1. The number of anilines is 1. The number of benzene rings is 2. The molecule has 2 aromatic carbocycles. The molecule has 33 heavy (non-hydrogen) atoms. The smallest absolute Gasteiger partial charge is 0.300 e. The lowest BCUT2D eigenvalue weighted by atomic mass is 10.1. The first kappa shape index (κ1) is 22.6. The summed E-state index contributed by atoms with van der Waals surface area (Å²) in [5, 5.41) is 11.4. The topological polar surface area (TPSA) is 90.5 Å². The minimum absolute atomic E-state index is 0.115. The van der Waals surface area contributed by atoms with Gasteiger partial charge >= 0.3 is 5.56 Å². The highest BCUT2D eigenvalue weighted by Crippen LogP contribution is 2.27. The minimum atomic E-state index is -0.394. The summed E-state index contributed by atoms with van der Waals surface area (Å²) in [6.45, 7) is 5.89. The number of para-hydroxylation sites is 2. The number of methoxy groups -OCH3 is 1. The van der Waals surface area contributed by atoms with Crippen LogP contribution in [0.1, 0.15) is 24.5 Å². The molecule has 4 aromatic rings. The van der Waals surface area contributed by atoms with Gasteiger partial charge in [-0.3, -0.25) is 18.6 Å². The number of rotatable bonds is 7. The average Bonchev–Trinajstić information content (AvgIpc) is 3.23. The lowest BCUT2D eigenvalue weighted by molar-refractivity contribution is -0.115. The molecular formula is C24H25N5O3S. The second kappa shape index (κ2) is 9.50. The van der Waals surface area contributed by atoms with Crippen molar-refractivity contribution < 1.29 is 9.53 Å². The number of nitrogens with one attached hydrogen (secondary N) is 1. The SMILES string of the molecule is CC[C@H](Sc1nnc2c(=O)n(-c3ccccc3OC)ccn12)C(=O)Nc1cc(C)ccc1C. The van der Waals surface area contributed by atoms with Crippen LogP contribution in [0.5, 0.6) is 5.75 Å². The summed E-state index contributed by atoms with van der Waals surface area (Å²) in [4.78, 5) is 26.1. The predicted molar refractivity (Wildman–Crippen MR) is 130 cm³/mol. The summed E-state index contributed by atoms with van der Waals surface area (Å²) >= 11 is 1.28. The highest BCUT2D eigenvalue weighted by molar-refractivity contribution is 8.00. The van der Waals surface area contributed by atoms with E-state index in [2.05, 4.69) is 15.5 Å². The lowest BCUT2D eigenvalue weighted by Gasteiger charge is -2.15. The van der Waals surface area contributed by atoms with Crippen LogP contribution in [0, 0.1) is 13.8 Å². The normalized spacial score (nSPS) is 12.0. The van der Waals surface area contributed by atoms with Gasteiger partial charge in [-0.2, -0.15) is 0 Å². The van der Waals surface area contributed by atoms with Crippen LogP contribution in [0.3, 0.4) is 0 Å². The van der Waals surface area contributed by atoms with Crippen LogP contribution in [0.2, 0.25) is 0 Å². The second-order valence-corrected chi connectivity index (χ2v) is 8.81. The van der Waals surface area contributed by atoms with Gasteiger partial charge in [-0.05, 0) is 49.6 Å². The quantitative estimate of drug-likeness (QED) is 0.417. The number of thioether (sulfide) groups is 1. The first-order valence-electron chi connectivity index (χ1n) is 10.6. The Bertz CT molecular complexity index is 1380. The third-order valence-electron chi connectivity index (χ3n) is 5.35. The Morgan fingerprint density at radius 2 is 1.94 bits per heavy atom. The van der Waals surface area contributed by atoms with Gasteiger partial charge in [0.05, 0.1) is 18.0 Å². The number of ether oxygens (including phenoxy) is 1. The summed E-state index contributed by atoms with van der Waals surface area (Å²) in [5.74, 6) is 0.461. The Morgan fingerprint density at radius 1 is 1.15 bits per heavy atom. The predicted octanol–water partition coefficient (Wildman–Crippen LogP) is 4.02. The number of aryl methyl sites for hydroxylation is 2. The van der Waals surface area contributed by atoms with Crippen molar-refractivity contribution in [3.63, 3.8) is 0 Å². The Hall–Kier alpha value is -3.59. The Labute approximate surface area is 195 Å². The summed E-state index contributed by atoms with van der Waals surface area (Å²) in [6.07, 6.45) is 3.97. The molecule has 0 aliphatic carbocycles. The minimum Gasteiger partial charge on any atom is -0.495 e. The molecule has 1 atom stereocenters. The maximum absolute atomic E-state index is 13.1. The number of hydrogen-bond acceptors (Lipinski definition) is 6. The van der Waals surface area contributed by atoms with E-state index in [0.29, 0.717) is 23.0 Å². The fraction of sp³-hybridized carbons (Fsp3) is 0.250. The third-order valence-corrected chi connectivity index (χ3v) is 6.67. The summed E-state index contributed by atoms with van der Waals surface area (Å²) < 4.78 is 8.47. The van der Waals surface area contributed by atoms with Crippen LogP contribution in [0.15, 0.2) is 64.8 Å². The highest BCUT2D eigenvalue weighted by Gasteiger charge is 2.23. The van der Waals surface area contributed by atoms with E-state index in [4.69, 9.17) is 4.74 Å². The summed E-state index contributed by atoms with van der Waals surface area (Å²) in [5.41, 5.74) is 3.34. The molecule has 0 fully saturated rings. The van der Waals surface area contributed by atoms with Gasteiger partial charge in [0, 0.05) is 18.1 Å².